The highest BCUT2D eigenvalue weighted by atomic mass is 32.1. The first kappa shape index (κ1) is 12.7. The summed E-state index contributed by atoms with van der Waals surface area (Å²) in [5.74, 6) is -0.314. The molecule has 0 aromatic carbocycles. The van der Waals surface area contributed by atoms with Gasteiger partial charge in [-0.15, -0.1) is 16.4 Å². The molecule has 0 fully saturated rings. The topological polar surface area (TPSA) is 81.9 Å². The van der Waals surface area contributed by atoms with Crippen LogP contribution in [0.3, 0.4) is 0 Å². The van der Waals surface area contributed by atoms with E-state index >= 15 is 0 Å². The van der Waals surface area contributed by atoms with Crippen molar-refractivity contribution in [1.82, 2.24) is 25.7 Å². The van der Waals surface area contributed by atoms with E-state index in [9.17, 15) is 4.79 Å². The first-order valence-electron chi connectivity index (χ1n) is 5.26. The van der Waals surface area contributed by atoms with Crippen molar-refractivity contribution < 1.29 is 9.63 Å². The maximum absolute atomic E-state index is 12.0. The van der Waals surface area contributed by atoms with Crippen LogP contribution in [0.15, 0.2) is 17.8 Å². The number of rotatable bonds is 3. The van der Waals surface area contributed by atoms with E-state index in [1.165, 1.54) is 22.3 Å². The molecule has 0 saturated carbocycles. The molecular formula is C10H13N5O2S. The summed E-state index contributed by atoms with van der Waals surface area (Å²) in [7, 11) is 0. The maximum Gasteiger partial charge on any atom is 0.287 e. The normalized spacial score (nSPS) is 11.5. The van der Waals surface area contributed by atoms with Gasteiger partial charge in [0.25, 0.3) is 5.91 Å². The number of aromatic nitrogens is 4. The van der Waals surface area contributed by atoms with Gasteiger partial charge in [-0.3, -0.25) is 9.63 Å². The molecule has 2 aromatic rings. The average molecular weight is 267 g/mol. The molecule has 8 heteroatoms. The lowest BCUT2D eigenvalue weighted by atomic mass is 10.2. The molecule has 0 aliphatic carbocycles. The fraction of sp³-hybridized carbons (Fsp3) is 0.400. The lowest BCUT2D eigenvalue weighted by Gasteiger charge is -2.18. The smallest absolute Gasteiger partial charge is 0.268 e. The van der Waals surface area contributed by atoms with E-state index in [2.05, 4.69) is 21.0 Å². The molecule has 0 spiro atoms. The molecule has 1 amide bonds. The average Bonchev–Trinajstić information content (AvgIpc) is 2.94. The largest absolute Gasteiger partial charge is 0.287 e. The Morgan fingerprint density at radius 2 is 2.28 bits per heavy atom. The van der Waals surface area contributed by atoms with E-state index in [1.54, 1.807) is 11.4 Å². The van der Waals surface area contributed by atoms with Crippen molar-refractivity contribution in [3.8, 4) is 5.69 Å². The molecule has 0 unspecified atom stereocenters. The van der Waals surface area contributed by atoms with Gasteiger partial charge in [0.1, 0.15) is 11.2 Å². The molecular weight excluding hydrogens is 254 g/mol. The Morgan fingerprint density at radius 3 is 2.89 bits per heavy atom. The molecule has 0 atom stereocenters. The Labute approximate surface area is 108 Å². The van der Waals surface area contributed by atoms with Crippen molar-refractivity contribution >= 4 is 17.2 Å². The van der Waals surface area contributed by atoms with Crippen LogP contribution >= 0.6 is 11.3 Å². The maximum atomic E-state index is 12.0. The minimum Gasteiger partial charge on any atom is -0.268 e. The zero-order valence-electron chi connectivity index (χ0n) is 10.2. The zero-order valence-corrected chi connectivity index (χ0v) is 11.1. The van der Waals surface area contributed by atoms with Gasteiger partial charge in [0, 0.05) is 0 Å². The molecule has 1 N–H and O–H groups in total. The predicted molar refractivity (Wildman–Crippen MR) is 65.3 cm³/mol. The highest BCUT2D eigenvalue weighted by Gasteiger charge is 2.18. The fourth-order valence-corrected chi connectivity index (χ4v) is 1.93. The Bertz CT molecular complexity index is 529. The lowest BCUT2D eigenvalue weighted by Crippen LogP contribution is -2.33. The lowest BCUT2D eigenvalue weighted by molar-refractivity contribution is -0.0588. The van der Waals surface area contributed by atoms with Crippen molar-refractivity contribution in [3.63, 3.8) is 0 Å². The van der Waals surface area contributed by atoms with Crippen LogP contribution in [0.25, 0.3) is 5.69 Å². The number of nitrogens with zero attached hydrogens (tertiary/aromatic N) is 4. The highest BCUT2D eigenvalue weighted by molar-refractivity contribution is 7.12. The summed E-state index contributed by atoms with van der Waals surface area (Å²) in [6.07, 6.45) is 1.43. The Balaban J connectivity index is 2.15. The van der Waals surface area contributed by atoms with Crippen LogP contribution < -0.4 is 5.48 Å². The molecule has 2 heterocycles. The quantitative estimate of drug-likeness (QED) is 0.844. The van der Waals surface area contributed by atoms with Crippen molar-refractivity contribution in [2.24, 2.45) is 0 Å². The third-order valence-electron chi connectivity index (χ3n) is 1.90. The fourth-order valence-electron chi connectivity index (χ4n) is 1.17. The third-order valence-corrected chi connectivity index (χ3v) is 2.80. The SMILES string of the molecule is CC(C)(C)ONC(=O)c1sccc1-n1cnnn1. The molecule has 0 aliphatic heterocycles. The predicted octanol–water partition coefficient (Wildman–Crippen LogP) is 1.18. The van der Waals surface area contributed by atoms with Crippen LogP contribution in [0.4, 0.5) is 0 Å². The summed E-state index contributed by atoms with van der Waals surface area (Å²) in [5, 5.41) is 12.6. The van der Waals surface area contributed by atoms with Gasteiger partial charge < -0.3 is 0 Å². The zero-order chi connectivity index (χ0) is 13.2. The summed E-state index contributed by atoms with van der Waals surface area (Å²) < 4.78 is 1.43. The number of nitrogens with one attached hydrogen (secondary N) is 1. The standard InChI is InChI=1S/C10H13N5O2S/c1-10(2,3)17-12-9(16)8-7(4-5-18-8)15-6-11-13-14-15/h4-6H,1-3H3,(H,12,16). The number of carbonyl (C=O) groups excluding carboxylic acids is 1. The van der Waals surface area contributed by atoms with Gasteiger partial charge in [-0.1, -0.05) is 0 Å². The minimum absolute atomic E-state index is 0.314. The van der Waals surface area contributed by atoms with Crippen LogP contribution in [0.1, 0.15) is 30.4 Å². The molecule has 2 aromatic heterocycles. The third kappa shape index (κ3) is 2.90. The van der Waals surface area contributed by atoms with E-state index < -0.39 is 5.60 Å². The van der Waals surface area contributed by atoms with Crippen LogP contribution in [0.5, 0.6) is 0 Å². The number of amides is 1. The molecule has 0 saturated heterocycles. The molecule has 0 aliphatic rings. The summed E-state index contributed by atoms with van der Waals surface area (Å²) >= 11 is 1.30. The second kappa shape index (κ2) is 4.83. The molecule has 18 heavy (non-hydrogen) atoms. The second-order valence-electron chi connectivity index (χ2n) is 4.53. The Hall–Kier alpha value is -1.80. The van der Waals surface area contributed by atoms with Crippen molar-refractivity contribution in [2.75, 3.05) is 0 Å². The molecule has 2 rings (SSSR count). The van der Waals surface area contributed by atoms with Crippen molar-refractivity contribution in [1.29, 1.82) is 0 Å². The number of tetrazole rings is 1. The summed E-state index contributed by atoms with van der Waals surface area (Å²) in [6.45, 7) is 5.55. The number of thiophene rings is 1. The van der Waals surface area contributed by atoms with Crippen LogP contribution in [0, 0.1) is 0 Å². The molecule has 0 radical (unpaired) electrons. The number of hydroxylamine groups is 1. The molecule has 96 valence electrons. The van der Waals surface area contributed by atoms with Gasteiger partial charge in [0.05, 0.1) is 11.3 Å². The molecule has 7 nitrogen and oxygen atoms in total. The monoisotopic (exact) mass is 267 g/mol. The van der Waals surface area contributed by atoms with Gasteiger partial charge in [0.2, 0.25) is 0 Å². The Morgan fingerprint density at radius 1 is 1.50 bits per heavy atom. The summed E-state index contributed by atoms with van der Waals surface area (Å²) in [5.41, 5.74) is 2.60. The Kier molecular flexibility index (Phi) is 3.39. The van der Waals surface area contributed by atoms with E-state index in [-0.39, 0.29) is 5.91 Å². The van der Waals surface area contributed by atoms with Gasteiger partial charge >= 0.3 is 0 Å². The van der Waals surface area contributed by atoms with Crippen LogP contribution in [0.2, 0.25) is 0 Å². The summed E-state index contributed by atoms with van der Waals surface area (Å²) in [4.78, 5) is 17.7. The number of carbonyl (C=O) groups is 1. The van der Waals surface area contributed by atoms with Crippen molar-refractivity contribution in [3.05, 3.63) is 22.7 Å². The van der Waals surface area contributed by atoms with Gasteiger partial charge in [0.15, 0.2) is 0 Å². The van der Waals surface area contributed by atoms with E-state index in [4.69, 9.17) is 4.84 Å². The molecule has 0 bridgehead atoms. The van der Waals surface area contributed by atoms with Gasteiger partial charge in [-0.25, -0.2) is 5.48 Å². The summed E-state index contributed by atoms with van der Waals surface area (Å²) in [6, 6.07) is 1.77. The van der Waals surface area contributed by atoms with Crippen LogP contribution in [-0.2, 0) is 4.84 Å². The second-order valence-corrected chi connectivity index (χ2v) is 5.45. The number of hydrogen-bond donors (Lipinski definition) is 1. The minimum atomic E-state index is -0.443. The number of hydrogen-bond acceptors (Lipinski definition) is 6. The highest BCUT2D eigenvalue weighted by Crippen LogP contribution is 2.20. The van der Waals surface area contributed by atoms with Gasteiger partial charge in [-0.05, 0) is 42.6 Å². The van der Waals surface area contributed by atoms with E-state index in [0.29, 0.717) is 10.6 Å². The van der Waals surface area contributed by atoms with E-state index in [0.717, 1.165) is 0 Å². The van der Waals surface area contributed by atoms with E-state index in [1.807, 2.05) is 20.8 Å². The first-order valence-corrected chi connectivity index (χ1v) is 6.14. The van der Waals surface area contributed by atoms with Crippen LogP contribution in [-0.4, -0.2) is 31.7 Å². The first-order chi connectivity index (χ1) is 8.47. The van der Waals surface area contributed by atoms with Crippen molar-refractivity contribution in [2.45, 2.75) is 26.4 Å². The van der Waals surface area contributed by atoms with Gasteiger partial charge in [-0.2, -0.15) is 4.68 Å².